The summed E-state index contributed by atoms with van der Waals surface area (Å²) in [7, 11) is 1.78. The van der Waals surface area contributed by atoms with Crippen molar-refractivity contribution in [2.45, 2.75) is 84.8 Å². The number of alkyl carbamates (subject to hydrolysis) is 1. The summed E-state index contributed by atoms with van der Waals surface area (Å²) in [5.74, 6) is 0.787. The van der Waals surface area contributed by atoms with Gasteiger partial charge in [-0.2, -0.15) is 0 Å². The van der Waals surface area contributed by atoms with Crippen LogP contribution in [0.15, 0.2) is 4.99 Å². The SMILES string of the molecule is CCCCC(CNC(=O)OC(C)(C)C)NC(=NC)NCC1(CCOCC)CC1.I. The van der Waals surface area contributed by atoms with E-state index in [4.69, 9.17) is 9.47 Å². The standard InChI is InChI=1S/C21H42N4O3.HI/c1-7-9-10-17(15-23-19(26)28-20(3,4)5)25-18(22-6)24-16-21(11-12-21)13-14-27-8-2;/h17H,7-16H2,1-6H3,(H,23,26)(H2,22,24,25);1H. The molecule has 1 aliphatic rings. The second kappa shape index (κ2) is 14.3. The minimum atomic E-state index is -0.492. The van der Waals surface area contributed by atoms with Gasteiger partial charge >= 0.3 is 6.09 Å². The number of hydrogen-bond donors (Lipinski definition) is 3. The Bertz CT molecular complexity index is 491. The van der Waals surface area contributed by atoms with E-state index in [0.717, 1.165) is 51.4 Å². The highest BCUT2D eigenvalue weighted by atomic mass is 127. The first-order valence-electron chi connectivity index (χ1n) is 10.8. The number of guanidine groups is 1. The monoisotopic (exact) mass is 526 g/mol. The van der Waals surface area contributed by atoms with Gasteiger partial charge in [-0.1, -0.05) is 19.8 Å². The van der Waals surface area contributed by atoms with Crippen LogP contribution in [0.4, 0.5) is 4.79 Å². The summed E-state index contributed by atoms with van der Waals surface area (Å²) in [5.41, 5.74) is -0.144. The number of carbonyl (C=O) groups is 1. The van der Waals surface area contributed by atoms with E-state index in [-0.39, 0.29) is 36.1 Å². The van der Waals surface area contributed by atoms with Crippen LogP contribution in [0.3, 0.4) is 0 Å². The summed E-state index contributed by atoms with van der Waals surface area (Å²) in [6, 6.07) is 0.109. The molecule has 0 aliphatic heterocycles. The highest BCUT2D eigenvalue weighted by Gasteiger charge is 2.42. The van der Waals surface area contributed by atoms with Gasteiger partial charge in [-0.15, -0.1) is 24.0 Å². The highest BCUT2D eigenvalue weighted by Crippen LogP contribution is 2.48. The van der Waals surface area contributed by atoms with Crippen LogP contribution in [-0.4, -0.2) is 57.0 Å². The quantitative estimate of drug-likeness (QED) is 0.155. The molecule has 0 aromatic heterocycles. The lowest BCUT2D eigenvalue weighted by molar-refractivity contribution is 0.0523. The molecule has 29 heavy (non-hydrogen) atoms. The zero-order valence-electron chi connectivity index (χ0n) is 19.2. The summed E-state index contributed by atoms with van der Waals surface area (Å²) in [4.78, 5) is 16.3. The minimum absolute atomic E-state index is 0. The first-order valence-corrected chi connectivity index (χ1v) is 10.8. The molecule has 0 aromatic rings. The molecule has 1 aliphatic carbocycles. The third-order valence-corrected chi connectivity index (χ3v) is 4.93. The van der Waals surface area contributed by atoms with E-state index in [1.807, 2.05) is 27.7 Å². The molecule has 0 heterocycles. The van der Waals surface area contributed by atoms with Gasteiger partial charge in [0, 0.05) is 39.4 Å². The van der Waals surface area contributed by atoms with E-state index < -0.39 is 5.60 Å². The van der Waals surface area contributed by atoms with Crippen LogP contribution in [0.1, 0.15) is 73.1 Å². The number of unbranched alkanes of at least 4 members (excludes halogenated alkanes) is 1. The Morgan fingerprint density at radius 1 is 1.21 bits per heavy atom. The highest BCUT2D eigenvalue weighted by molar-refractivity contribution is 14.0. The second-order valence-corrected chi connectivity index (χ2v) is 8.74. The predicted molar refractivity (Wildman–Crippen MR) is 130 cm³/mol. The van der Waals surface area contributed by atoms with Gasteiger partial charge in [0.15, 0.2) is 5.96 Å². The average Bonchev–Trinajstić information content (AvgIpc) is 3.39. The van der Waals surface area contributed by atoms with Gasteiger partial charge in [0.05, 0.1) is 0 Å². The maximum absolute atomic E-state index is 12.0. The lowest BCUT2D eigenvalue weighted by Crippen LogP contribution is -2.50. The van der Waals surface area contributed by atoms with E-state index in [2.05, 4.69) is 27.9 Å². The zero-order valence-corrected chi connectivity index (χ0v) is 21.6. The van der Waals surface area contributed by atoms with Crippen LogP contribution in [-0.2, 0) is 9.47 Å². The fourth-order valence-electron chi connectivity index (χ4n) is 2.98. The van der Waals surface area contributed by atoms with E-state index in [0.29, 0.717) is 12.0 Å². The number of nitrogens with one attached hydrogen (secondary N) is 3. The molecule has 0 bridgehead atoms. The first kappa shape index (κ1) is 28.2. The molecule has 172 valence electrons. The van der Waals surface area contributed by atoms with Gasteiger partial charge in [-0.3, -0.25) is 4.99 Å². The minimum Gasteiger partial charge on any atom is -0.444 e. The molecule has 1 atom stereocenters. The van der Waals surface area contributed by atoms with Crippen LogP contribution in [0.2, 0.25) is 0 Å². The van der Waals surface area contributed by atoms with E-state index in [1.165, 1.54) is 12.8 Å². The molecule has 0 saturated heterocycles. The zero-order chi connectivity index (χ0) is 21.0. The lowest BCUT2D eigenvalue weighted by Gasteiger charge is -2.25. The smallest absolute Gasteiger partial charge is 0.407 e. The number of halogens is 1. The fourth-order valence-corrected chi connectivity index (χ4v) is 2.98. The largest absolute Gasteiger partial charge is 0.444 e. The van der Waals surface area contributed by atoms with Gasteiger partial charge in [0.2, 0.25) is 0 Å². The predicted octanol–water partition coefficient (Wildman–Crippen LogP) is 4.06. The molecular weight excluding hydrogens is 483 g/mol. The number of rotatable bonds is 12. The molecule has 0 spiro atoms. The second-order valence-electron chi connectivity index (χ2n) is 8.74. The van der Waals surface area contributed by atoms with Crippen LogP contribution in [0.25, 0.3) is 0 Å². The molecule has 7 nitrogen and oxygen atoms in total. The Morgan fingerprint density at radius 3 is 2.41 bits per heavy atom. The van der Waals surface area contributed by atoms with Gasteiger partial charge in [-0.25, -0.2) is 4.79 Å². The number of aliphatic imine (C=N–C) groups is 1. The van der Waals surface area contributed by atoms with Crippen molar-refractivity contribution in [2.24, 2.45) is 10.4 Å². The number of carbonyl (C=O) groups excluding carboxylic acids is 1. The van der Waals surface area contributed by atoms with Crippen molar-refractivity contribution in [2.75, 3.05) is 33.4 Å². The molecule has 0 aromatic carbocycles. The van der Waals surface area contributed by atoms with Gasteiger partial charge in [0.25, 0.3) is 0 Å². The van der Waals surface area contributed by atoms with Gasteiger partial charge in [0.1, 0.15) is 5.60 Å². The molecule has 1 saturated carbocycles. The van der Waals surface area contributed by atoms with Crippen molar-refractivity contribution in [3.63, 3.8) is 0 Å². The average molecular weight is 527 g/mol. The van der Waals surface area contributed by atoms with Crippen molar-refractivity contribution in [1.82, 2.24) is 16.0 Å². The summed E-state index contributed by atoms with van der Waals surface area (Å²) in [6.45, 7) is 12.8. The Hall–Kier alpha value is -0.770. The topological polar surface area (TPSA) is 84.0 Å². The van der Waals surface area contributed by atoms with Crippen LogP contribution in [0.5, 0.6) is 0 Å². The third kappa shape index (κ3) is 13.2. The Balaban J connectivity index is 0.00000784. The number of hydrogen-bond acceptors (Lipinski definition) is 4. The van der Waals surface area contributed by atoms with Crippen molar-refractivity contribution < 1.29 is 14.3 Å². The van der Waals surface area contributed by atoms with Crippen LogP contribution >= 0.6 is 24.0 Å². The Kier molecular flexibility index (Phi) is 13.9. The van der Waals surface area contributed by atoms with Crippen molar-refractivity contribution in [1.29, 1.82) is 0 Å². The summed E-state index contributed by atoms with van der Waals surface area (Å²) >= 11 is 0. The van der Waals surface area contributed by atoms with E-state index >= 15 is 0 Å². The summed E-state index contributed by atoms with van der Waals surface area (Å²) < 4.78 is 10.9. The lowest BCUT2D eigenvalue weighted by atomic mass is 10.0. The Labute approximate surface area is 194 Å². The molecule has 8 heteroatoms. The molecule has 1 rings (SSSR count). The molecule has 1 fully saturated rings. The summed E-state index contributed by atoms with van der Waals surface area (Å²) in [6.07, 6.45) is 6.34. The van der Waals surface area contributed by atoms with Crippen LogP contribution in [0, 0.1) is 5.41 Å². The molecule has 1 amide bonds. The molecule has 3 N–H and O–H groups in total. The van der Waals surface area contributed by atoms with Crippen molar-refractivity contribution in [3.8, 4) is 0 Å². The van der Waals surface area contributed by atoms with Crippen molar-refractivity contribution >= 4 is 36.0 Å². The number of nitrogens with zero attached hydrogens (tertiary/aromatic N) is 1. The third-order valence-electron chi connectivity index (χ3n) is 4.93. The Morgan fingerprint density at radius 2 is 1.90 bits per heavy atom. The van der Waals surface area contributed by atoms with Crippen molar-refractivity contribution in [3.05, 3.63) is 0 Å². The van der Waals surface area contributed by atoms with Gasteiger partial charge < -0.3 is 25.4 Å². The first-order chi connectivity index (χ1) is 13.2. The molecule has 0 radical (unpaired) electrons. The van der Waals surface area contributed by atoms with Crippen LogP contribution < -0.4 is 16.0 Å². The number of ether oxygens (including phenoxy) is 2. The molecule has 1 unspecified atom stereocenters. The van der Waals surface area contributed by atoms with E-state index in [9.17, 15) is 4.79 Å². The summed E-state index contributed by atoms with van der Waals surface area (Å²) in [5, 5.41) is 9.81. The van der Waals surface area contributed by atoms with E-state index in [1.54, 1.807) is 7.05 Å². The van der Waals surface area contributed by atoms with Gasteiger partial charge in [-0.05, 0) is 58.8 Å². The maximum Gasteiger partial charge on any atom is 0.407 e. The fraction of sp³-hybridized carbons (Fsp3) is 0.905. The molecular formula is C21H43IN4O3. The number of amides is 1. The maximum atomic E-state index is 12.0. The normalized spacial score (nSPS) is 16.4.